The van der Waals surface area contributed by atoms with Crippen molar-refractivity contribution in [3.63, 3.8) is 0 Å². The first kappa shape index (κ1) is 23.2. The second kappa shape index (κ2) is 9.09. The molecular formula is C24H23ClF3N3O2. The van der Waals surface area contributed by atoms with Crippen LogP contribution in [0.4, 0.5) is 18.9 Å². The van der Waals surface area contributed by atoms with Crippen LogP contribution in [-0.2, 0) is 6.18 Å². The lowest BCUT2D eigenvalue weighted by Crippen LogP contribution is -2.43. The number of alkyl halides is 3. The lowest BCUT2D eigenvalue weighted by atomic mass is 9.89. The highest BCUT2D eigenvalue weighted by Crippen LogP contribution is 2.37. The van der Waals surface area contributed by atoms with Crippen LogP contribution in [0.2, 0.25) is 5.02 Å². The number of pyridine rings is 1. The molecule has 1 aliphatic carbocycles. The van der Waals surface area contributed by atoms with E-state index in [-0.39, 0.29) is 29.3 Å². The van der Waals surface area contributed by atoms with Crippen molar-refractivity contribution in [3.05, 3.63) is 64.8 Å². The van der Waals surface area contributed by atoms with Gasteiger partial charge in [0.05, 0.1) is 5.52 Å². The molecule has 9 heteroatoms. The Kier molecular flexibility index (Phi) is 6.38. The Morgan fingerprint density at radius 1 is 1.09 bits per heavy atom. The zero-order valence-corrected chi connectivity index (χ0v) is 18.6. The number of halogens is 4. The molecule has 0 unspecified atom stereocenters. The molecule has 2 aromatic carbocycles. The SMILES string of the molecule is CN(c1cc(C(F)(F)F)nc2ccc(Cl)cc12)[C@H]1CC[C@@H](NC(=O)c2ccc(O)cc2)CC1. The molecule has 0 radical (unpaired) electrons. The predicted octanol–water partition coefficient (Wildman–Crippen LogP) is 5.79. The summed E-state index contributed by atoms with van der Waals surface area (Å²) in [5.74, 6) is -0.120. The van der Waals surface area contributed by atoms with Crippen molar-refractivity contribution >= 4 is 34.1 Å². The summed E-state index contributed by atoms with van der Waals surface area (Å²) in [4.78, 5) is 18.1. The fraction of sp³-hybridized carbons (Fsp3) is 0.333. The number of aromatic hydroxyl groups is 1. The van der Waals surface area contributed by atoms with Gasteiger partial charge in [-0.25, -0.2) is 4.98 Å². The molecule has 0 saturated heterocycles. The third-order valence-electron chi connectivity index (χ3n) is 6.13. The molecule has 0 aliphatic heterocycles. The van der Waals surface area contributed by atoms with E-state index in [1.807, 2.05) is 4.90 Å². The number of rotatable bonds is 4. The number of nitrogens with zero attached hydrogens (tertiary/aromatic N) is 2. The number of benzene rings is 2. The van der Waals surface area contributed by atoms with E-state index in [4.69, 9.17) is 11.6 Å². The summed E-state index contributed by atoms with van der Waals surface area (Å²) in [5, 5.41) is 13.4. The van der Waals surface area contributed by atoms with E-state index in [2.05, 4.69) is 10.3 Å². The van der Waals surface area contributed by atoms with Crippen LogP contribution in [0.25, 0.3) is 10.9 Å². The summed E-state index contributed by atoms with van der Waals surface area (Å²) < 4.78 is 40.4. The van der Waals surface area contributed by atoms with Crippen LogP contribution in [0.3, 0.4) is 0 Å². The maximum absolute atomic E-state index is 13.5. The Morgan fingerprint density at radius 2 is 1.76 bits per heavy atom. The number of amides is 1. The van der Waals surface area contributed by atoms with Crippen molar-refractivity contribution in [1.29, 1.82) is 0 Å². The van der Waals surface area contributed by atoms with E-state index in [1.165, 1.54) is 24.3 Å². The van der Waals surface area contributed by atoms with E-state index in [0.717, 1.165) is 6.07 Å². The summed E-state index contributed by atoms with van der Waals surface area (Å²) in [5.41, 5.74) is 0.207. The number of carbonyl (C=O) groups is 1. The van der Waals surface area contributed by atoms with Gasteiger partial charge in [0, 0.05) is 40.8 Å². The van der Waals surface area contributed by atoms with Crippen molar-refractivity contribution in [3.8, 4) is 5.75 Å². The molecule has 3 aromatic rings. The van der Waals surface area contributed by atoms with Gasteiger partial charge in [-0.3, -0.25) is 4.79 Å². The Bertz CT molecular complexity index is 1160. The Balaban J connectivity index is 1.49. The first-order chi connectivity index (χ1) is 15.6. The average molecular weight is 478 g/mol. The number of nitrogens with one attached hydrogen (secondary N) is 1. The second-order valence-electron chi connectivity index (χ2n) is 8.32. The highest BCUT2D eigenvalue weighted by molar-refractivity contribution is 6.31. The number of anilines is 1. The normalized spacial score (nSPS) is 18.8. The van der Waals surface area contributed by atoms with Crippen molar-refractivity contribution in [1.82, 2.24) is 10.3 Å². The molecule has 0 spiro atoms. The van der Waals surface area contributed by atoms with Gasteiger partial charge in [0.2, 0.25) is 0 Å². The van der Waals surface area contributed by atoms with E-state index < -0.39 is 11.9 Å². The van der Waals surface area contributed by atoms with Crippen LogP contribution < -0.4 is 10.2 Å². The average Bonchev–Trinajstić information content (AvgIpc) is 2.78. The van der Waals surface area contributed by atoms with Crippen molar-refractivity contribution in [2.24, 2.45) is 0 Å². The standard InChI is InChI=1S/C24H23ClF3N3O2/c1-31(21-13-22(24(26,27)28)30-20-11-4-15(25)12-19(20)21)17-7-5-16(6-8-17)29-23(33)14-2-9-18(32)10-3-14/h2-4,9-13,16-17,32H,5-8H2,1H3,(H,29,33)/t16-,17+. The molecule has 1 aliphatic rings. The molecule has 0 bridgehead atoms. The van der Waals surface area contributed by atoms with Gasteiger partial charge in [-0.2, -0.15) is 13.2 Å². The second-order valence-corrected chi connectivity index (χ2v) is 8.76. The summed E-state index contributed by atoms with van der Waals surface area (Å²) in [6.07, 6.45) is -1.73. The molecule has 4 rings (SSSR count). The van der Waals surface area contributed by atoms with Crippen LogP contribution in [0, 0.1) is 0 Å². The van der Waals surface area contributed by atoms with Crippen molar-refractivity contribution in [2.45, 2.75) is 43.9 Å². The highest BCUT2D eigenvalue weighted by Gasteiger charge is 2.34. The molecule has 0 atom stereocenters. The number of carbonyl (C=O) groups excluding carboxylic acids is 1. The van der Waals surface area contributed by atoms with E-state index >= 15 is 0 Å². The van der Waals surface area contributed by atoms with Crippen LogP contribution in [0.5, 0.6) is 5.75 Å². The van der Waals surface area contributed by atoms with Gasteiger partial charge in [0.1, 0.15) is 11.4 Å². The highest BCUT2D eigenvalue weighted by atomic mass is 35.5. The summed E-state index contributed by atoms with van der Waals surface area (Å²) in [7, 11) is 1.79. The number of fused-ring (bicyclic) bond motifs is 1. The monoisotopic (exact) mass is 477 g/mol. The van der Waals surface area contributed by atoms with E-state index in [0.29, 0.717) is 47.3 Å². The topological polar surface area (TPSA) is 65.5 Å². The fourth-order valence-corrected chi connectivity index (χ4v) is 4.48. The summed E-state index contributed by atoms with van der Waals surface area (Å²) in [6.45, 7) is 0. The summed E-state index contributed by atoms with van der Waals surface area (Å²) >= 11 is 6.11. The number of hydrogen-bond donors (Lipinski definition) is 2. The third-order valence-corrected chi connectivity index (χ3v) is 6.36. The molecule has 174 valence electrons. The minimum atomic E-state index is -4.56. The van der Waals surface area contributed by atoms with Gasteiger partial charge in [0.15, 0.2) is 0 Å². The Morgan fingerprint density at radius 3 is 2.39 bits per heavy atom. The van der Waals surface area contributed by atoms with Crippen LogP contribution in [0.1, 0.15) is 41.7 Å². The van der Waals surface area contributed by atoms with Gasteiger partial charge in [-0.1, -0.05) is 11.6 Å². The first-order valence-electron chi connectivity index (χ1n) is 10.6. The quantitative estimate of drug-likeness (QED) is 0.499. The molecule has 1 saturated carbocycles. The van der Waals surface area contributed by atoms with E-state index in [1.54, 1.807) is 25.2 Å². The fourth-order valence-electron chi connectivity index (χ4n) is 4.30. The molecule has 1 fully saturated rings. The maximum Gasteiger partial charge on any atom is 0.433 e. The van der Waals surface area contributed by atoms with E-state index in [9.17, 15) is 23.1 Å². The molecule has 5 nitrogen and oxygen atoms in total. The summed E-state index contributed by atoms with van der Waals surface area (Å²) in [6, 6.07) is 11.8. The van der Waals surface area contributed by atoms with Gasteiger partial charge < -0.3 is 15.3 Å². The zero-order chi connectivity index (χ0) is 23.8. The number of phenolic OH excluding ortho intramolecular Hbond substituents is 1. The van der Waals surface area contributed by atoms with Gasteiger partial charge in [-0.15, -0.1) is 0 Å². The van der Waals surface area contributed by atoms with Crippen molar-refractivity contribution in [2.75, 3.05) is 11.9 Å². The maximum atomic E-state index is 13.5. The number of phenols is 1. The predicted molar refractivity (Wildman–Crippen MR) is 122 cm³/mol. The third kappa shape index (κ3) is 5.16. The minimum absolute atomic E-state index is 0.0116. The minimum Gasteiger partial charge on any atom is -0.508 e. The lowest BCUT2D eigenvalue weighted by Gasteiger charge is -2.37. The molecular weight excluding hydrogens is 455 g/mol. The smallest absolute Gasteiger partial charge is 0.433 e. The number of hydrogen-bond acceptors (Lipinski definition) is 4. The number of aromatic nitrogens is 1. The lowest BCUT2D eigenvalue weighted by molar-refractivity contribution is -0.140. The molecule has 1 aromatic heterocycles. The van der Waals surface area contributed by atoms with Crippen LogP contribution in [0.15, 0.2) is 48.5 Å². The van der Waals surface area contributed by atoms with Gasteiger partial charge in [0.25, 0.3) is 5.91 Å². The first-order valence-corrected chi connectivity index (χ1v) is 11.0. The molecule has 33 heavy (non-hydrogen) atoms. The van der Waals surface area contributed by atoms with Crippen LogP contribution >= 0.6 is 11.6 Å². The van der Waals surface area contributed by atoms with Gasteiger partial charge >= 0.3 is 6.18 Å². The largest absolute Gasteiger partial charge is 0.508 e. The molecule has 1 amide bonds. The zero-order valence-electron chi connectivity index (χ0n) is 17.9. The Hall–Kier alpha value is -3.00. The Labute approximate surface area is 194 Å². The van der Waals surface area contributed by atoms with Gasteiger partial charge in [-0.05, 0) is 74.2 Å². The molecule has 2 N–H and O–H groups in total. The molecule has 1 heterocycles. The van der Waals surface area contributed by atoms with Crippen LogP contribution in [-0.4, -0.2) is 35.1 Å². The van der Waals surface area contributed by atoms with Crippen molar-refractivity contribution < 1.29 is 23.1 Å².